The van der Waals surface area contributed by atoms with E-state index in [-0.39, 0.29) is 35.3 Å². The van der Waals surface area contributed by atoms with Gasteiger partial charge < -0.3 is 15.7 Å². The van der Waals surface area contributed by atoms with Crippen molar-refractivity contribution in [3.63, 3.8) is 0 Å². The minimum atomic E-state index is -4.23. The Morgan fingerprint density at radius 3 is 2.30 bits per heavy atom. The average Bonchev–Trinajstić information content (AvgIpc) is 2.65. The van der Waals surface area contributed by atoms with Gasteiger partial charge in [-0.1, -0.05) is 23.7 Å². The minimum absolute atomic E-state index is 0.100. The second kappa shape index (κ2) is 8.91. The maximum Gasteiger partial charge on any atom is 0.323 e. The number of para-hydroxylation sites is 1. The van der Waals surface area contributed by atoms with Crippen LogP contribution in [0.2, 0.25) is 5.02 Å². The van der Waals surface area contributed by atoms with Crippen LogP contribution in [0.4, 0.5) is 16.2 Å². The van der Waals surface area contributed by atoms with E-state index >= 15 is 0 Å². The Hall–Kier alpha value is -1.54. The SMILES string of the molecule is O=C(Nc1ccccc1Br)Nc1ccc(Cl)c(S(=O)(=O)N2CCS(O)(O)CC2)c1O. The molecule has 3 rings (SSSR count). The highest BCUT2D eigenvalue weighted by Gasteiger charge is 2.35. The quantitative estimate of drug-likeness (QED) is 0.368. The van der Waals surface area contributed by atoms with Crippen LogP contribution in [0.1, 0.15) is 0 Å². The number of phenols is 1. The highest BCUT2D eigenvalue weighted by atomic mass is 79.9. The van der Waals surface area contributed by atoms with E-state index in [0.29, 0.717) is 10.2 Å². The van der Waals surface area contributed by atoms with Crippen molar-refractivity contribution in [3.8, 4) is 5.75 Å². The summed E-state index contributed by atoms with van der Waals surface area (Å²) in [5.41, 5.74) is 0.326. The fourth-order valence-electron chi connectivity index (χ4n) is 2.81. The van der Waals surface area contributed by atoms with Crippen LogP contribution in [-0.2, 0) is 10.0 Å². The zero-order chi connectivity index (χ0) is 22.1. The maximum atomic E-state index is 13.0. The fourth-order valence-corrected chi connectivity index (χ4v) is 6.69. The first-order valence-corrected chi connectivity index (χ1v) is 13.1. The normalized spacial score (nSPS) is 17.9. The standard InChI is InChI=1S/C17H19BrClN3O6S2/c18-11-3-1-2-4-13(11)20-17(24)21-14-6-5-12(19)16(15(14)23)30(27,28)22-7-9-29(25,26)10-8-22/h1-6,23,25-26H,7-10H2,(H2,20,21,24). The van der Waals surface area contributed by atoms with E-state index in [1.807, 2.05) is 0 Å². The molecule has 1 saturated heterocycles. The van der Waals surface area contributed by atoms with Gasteiger partial charge in [-0.15, -0.1) is 0 Å². The summed E-state index contributed by atoms with van der Waals surface area (Å²) >= 11 is 9.35. The summed E-state index contributed by atoms with van der Waals surface area (Å²) in [7, 11) is -7.04. The van der Waals surface area contributed by atoms with E-state index in [0.717, 1.165) is 4.31 Å². The smallest absolute Gasteiger partial charge is 0.323 e. The molecule has 0 spiro atoms. The van der Waals surface area contributed by atoms with Crippen molar-refractivity contribution in [2.24, 2.45) is 0 Å². The second-order valence-electron chi connectivity index (χ2n) is 6.45. The number of carbonyl (C=O) groups is 1. The highest BCUT2D eigenvalue weighted by Crippen LogP contribution is 2.44. The number of hydrogen-bond acceptors (Lipinski definition) is 6. The summed E-state index contributed by atoms with van der Waals surface area (Å²) in [6.45, 7) is -0.249. The van der Waals surface area contributed by atoms with E-state index in [2.05, 4.69) is 26.6 Å². The number of nitrogens with one attached hydrogen (secondary N) is 2. The van der Waals surface area contributed by atoms with Crippen molar-refractivity contribution in [1.29, 1.82) is 0 Å². The molecule has 13 heteroatoms. The molecule has 0 bridgehead atoms. The van der Waals surface area contributed by atoms with Crippen LogP contribution >= 0.6 is 38.1 Å². The molecule has 0 aromatic heterocycles. The minimum Gasteiger partial charge on any atom is -0.504 e. The molecule has 2 aromatic rings. The second-order valence-corrected chi connectivity index (χ2v) is 12.0. The van der Waals surface area contributed by atoms with Crippen LogP contribution in [0, 0.1) is 0 Å². The number of anilines is 2. The van der Waals surface area contributed by atoms with Crippen LogP contribution in [0.5, 0.6) is 5.75 Å². The van der Waals surface area contributed by atoms with Gasteiger partial charge in [-0.3, -0.25) is 9.11 Å². The lowest BCUT2D eigenvalue weighted by molar-refractivity contribution is 0.262. The largest absolute Gasteiger partial charge is 0.504 e. The summed E-state index contributed by atoms with van der Waals surface area (Å²) in [4.78, 5) is 11.8. The summed E-state index contributed by atoms with van der Waals surface area (Å²) < 4.78 is 47.1. The number of phenolic OH excluding ortho intramolecular Hbond substituents is 1. The molecule has 1 fully saturated rings. The van der Waals surface area contributed by atoms with Crippen molar-refractivity contribution >= 4 is 65.5 Å². The van der Waals surface area contributed by atoms with Gasteiger partial charge in [-0.2, -0.15) is 14.9 Å². The molecular weight excluding hydrogens is 522 g/mol. The molecule has 0 atom stereocenters. The van der Waals surface area contributed by atoms with Crippen molar-refractivity contribution < 1.29 is 27.4 Å². The van der Waals surface area contributed by atoms with Gasteiger partial charge in [0.1, 0.15) is 4.90 Å². The number of benzene rings is 2. The lowest BCUT2D eigenvalue weighted by Gasteiger charge is -2.40. The van der Waals surface area contributed by atoms with Crippen LogP contribution < -0.4 is 10.6 Å². The van der Waals surface area contributed by atoms with Gasteiger partial charge in [0.2, 0.25) is 10.0 Å². The number of halogens is 2. The zero-order valence-electron chi connectivity index (χ0n) is 15.4. The van der Waals surface area contributed by atoms with E-state index < -0.39 is 37.3 Å². The van der Waals surface area contributed by atoms with Crippen LogP contribution in [0.25, 0.3) is 0 Å². The predicted molar refractivity (Wildman–Crippen MR) is 121 cm³/mol. The molecular formula is C17H19BrClN3O6S2. The number of nitrogens with zero attached hydrogens (tertiary/aromatic N) is 1. The van der Waals surface area contributed by atoms with E-state index in [4.69, 9.17) is 11.6 Å². The molecule has 2 aromatic carbocycles. The Balaban J connectivity index is 1.85. The number of carbonyl (C=O) groups excluding carboxylic acids is 1. The van der Waals surface area contributed by atoms with E-state index in [1.54, 1.807) is 24.3 Å². The molecule has 9 nitrogen and oxygen atoms in total. The first-order valence-electron chi connectivity index (χ1n) is 8.59. The molecule has 0 saturated carbocycles. The highest BCUT2D eigenvalue weighted by molar-refractivity contribution is 9.10. The Kier molecular flexibility index (Phi) is 6.87. The third kappa shape index (κ3) is 5.02. The first kappa shape index (κ1) is 23.1. The van der Waals surface area contributed by atoms with Crippen molar-refractivity contribution in [3.05, 3.63) is 45.9 Å². The van der Waals surface area contributed by atoms with Crippen LogP contribution in [0.15, 0.2) is 45.8 Å². The Labute approximate surface area is 188 Å². The number of urea groups is 1. The van der Waals surface area contributed by atoms with Gasteiger partial charge in [0.15, 0.2) is 5.75 Å². The molecule has 0 aliphatic carbocycles. The van der Waals surface area contributed by atoms with Gasteiger partial charge in [0.25, 0.3) is 0 Å². The van der Waals surface area contributed by atoms with Crippen molar-refractivity contribution in [2.75, 3.05) is 35.2 Å². The molecule has 0 radical (unpaired) electrons. The Morgan fingerprint density at radius 1 is 1.07 bits per heavy atom. The fraction of sp³-hybridized carbons (Fsp3) is 0.235. The number of rotatable bonds is 4. The van der Waals surface area contributed by atoms with E-state index in [9.17, 15) is 27.4 Å². The zero-order valence-corrected chi connectivity index (χ0v) is 19.4. The number of sulfonamides is 1. The number of amides is 2. The molecule has 164 valence electrons. The first-order chi connectivity index (χ1) is 14.0. The molecule has 0 unspecified atom stereocenters. The van der Waals surface area contributed by atoms with Gasteiger partial charge in [0.05, 0.1) is 27.9 Å². The summed E-state index contributed by atoms with van der Waals surface area (Å²) in [6, 6.07) is 8.71. The van der Waals surface area contributed by atoms with Gasteiger partial charge in [-0.05, 0) is 40.2 Å². The molecule has 30 heavy (non-hydrogen) atoms. The maximum absolute atomic E-state index is 13.0. The molecule has 1 aliphatic rings. The van der Waals surface area contributed by atoms with Gasteiger partial charge in [0, 0.05) is 17.6 Å². The predicted octanol–water partition coefficient (Wildman–Crippen LogP) is 4.21. The average molecular weight is 541 g/mol. The topological polar surface area (TPSA) is 139 Å². The van der Waals surface area contributed by atoms with Gasteiger partial charge >= 0.3 is 6.03 Å². The molecule has 2 amide bonds. The van der Waals surface area contributed by atoms with Gasteiger partial charge in [-0.25, -0.2) is 13.2 Å². The molecule has 1 aliphatic heterocycles. The third-order valence-corrected chi connectivity index (χ3v) is 9.15. The Morgan fingerprint density at radius 2 is 1.67 bits per heavy atom. The number of hydrogen-bond donors (Lipinski definition) is 5. The monoisotopic (exact) mass is 539 g/mol. The number of aromatic hydroxyl groups is 1. The van der Waals surface area contributed by atoms with Crippen LogP contribution in [0.3, 0.4) is 0 Å². The summed E-state index contributed by atoms with van der Waals surface area (Å²) in [5.74, 6) is -0.907. The lowest BCUT2D eigenvalue weighted by Crippen LogP contribution is -2.42. The third-order valence-electron chi connectivity index (χ3n) is 4.39. The lowest BCUT2D eigenvalue weighted by atomic mass is 10.3. The van der Waals surface area contributed by atoms with Crippen LogP contribution in [-0.4, -0.2) is 57.6 Å². The molecule has 1 heterocycles. The molecule has 5 N–H and O–H groups in total. The Bertz CT molecular complexity index is 1070. The van der Waals surface area contributed by atoms with E-state index in [1.165, 1.54) is 12.1 Å². The summed E-state index contributed by atoms with van der Waals surface area (Å²) in [6.07, 6.45) is 0. The van der Waals surface area contributed by atoms with Crippen molar-refractivity contribution in [1.82, 2.24) is 4.31 Å². The summed E-state index contributed by atoms with van der Waals surface area (Å²) in [5, 5.41) is 15.3. The van der Waals surface area contributed by atoms with Crippen molar-refractivity contribution in [2.45, 2.75) is 4.90 Å².